The van der Waals surface area contributed by atoms with Crippen molar-refractivity contribution in [1.82, 2.24) is 0 Å². The number of isocyanates is 1. The van der Waals surface area contributed by atoms with Crippen LogP contribution in [0.2, 0.25) is 0 Å². The molecule has 18 heavy (non-hydrogen) atoms. The van der Waals surface area contributed by atoms with Crippen LogP contribution in [0.3, 0.4) is 0 Å². The third-order valence-corrected chi connectivity index (χ3v) is 4.03. The first-order valence-corrected chi connectivity index (χ1v) is 6.47. The SMILES string of the molecule is CC1(C)Cc2cccc(C3(N=C=O)CCC3)c2O1. The Morgan fingerprint density at radius 1 is 1.33 bits per heavy atom. The van der Waals surface area contributed by atoms with E-state index in [1.165, 1.54) is 5.56 Å². The number of fused-ring (bicyclic) bond motifs is 1. The molecule has 0 N–H and O–H groups in total. The zero-order chi connectivity index (χ0) is 12.8. The summed E-state index contributed by atoms with van der Waals surface area (Å²) in [5, 5.41) is 0. The molecule has 1 saturated carbocycles. The molecular weight excluding hydrogens is 226 g/mol. The fraction of sp³-hybridized carbons (Fsp3) is 0.533. The van der Waals surface area contributed by atoms with E-state index >= 15 is 0 Å². The van der Waals surface area contributed by atoms with Gasteiger partial charge in [-0.15, -0.1) is 0 Å². The van der Waals surface area contributed by atoms with Gasteiger partial charge >= 0.3 is 0 Å². The molecule has 0 saturated heterocycles. The number of hydrogen-bond acceptors (Lipinski definition) is 3. The first kappa shape index (κ1) is 11.5. The molecule has 1 aromatic rings. The van der Waals surface area contributed by atoms with Gasteiger partial charge in [-0.1, -0.05) is 18.2 Å². The van der Waals surface area contributed by atoms with Crippen molar-refractivity contribution in [2.45, 2.75) is 50.7 Å². The molecule has 3 heteroatoms. The minimum Gasteiger partial charge on any atom is -0.487 e. The monoisotopic (exact) mass is 243 g/mol. The Morgan fingerprint density at radius 3 is 2.72 bits per heavy atom. The Kier molecular flexibility index (Phi) is 2.36. The Bertz CT molecular complexity index is 537. The van der Waals surface area contributed by atoms with Crippen molar-refractivity contribution in [2.75, 3.05) is 0 Å². The van der Waals surface area contributed by atoms with Crippen LogP contribution in [-0.4, -0.2) is 11.7 Å². The fourth-order valence-corrected chi connectivity index (χ4v) is 3.02. The van der Waals surface area contributed by atoms with E-state index in [2.05, 4.69) is 24.9 Å². The van der Waals surface area contributed by atoms with Crippen LogP contribution in [0, 0.1) is 0 Å². The predicted molar refractivity (Wildman–Crippen MR) is 68.5 cm³/mol. The summed E-state index contributed by atoms with van der Waals surface area (Å²) >= 11 is 0. The lowest BCUT2D eigenvalue weighted by atomic mass is 9.71. The molecule has 1 aliphatic carbocycles. The van der Waals surface area contributed by atoms with E-state index in [1.807, 2.05) is 12.1 Å². The van der Waals surface area contributed by atoms with Crippen LogP contribution < -0.4 is 4.74 Å². The largest absolute Gasteiger partial charge is 0.487 e. The minimum absolute atomic E-state index is 0.158. The van der Waals surface area contributed by atoms with E-state index in [0.717, 1.165) is 37.0 Å². The van der Waals surface area contributed by atoms with E-state index in [0.29, 0.717) is 0 Å². The van der Waals surface area contributed by atoms with Crippen molar-refractivity contribution < 1.29 is 9.53 Å². The molecule has 0 aromatic heterocycles. The highest BCUT2D eigenvalue weighted by Crippen LogP contribution is 2.51. The Balaban J connectivity index is 2.10. The highest BCUT2D eigenvalue weighted by Gasteiger charge is 2.44. The second-order valence-corrected chi connectivity index (χ2v) is 5.92. The summed E-state index contributed by atoms with van der Waals surface area (Å²) in [5.74, 6) is 0.946. The Hall–Kier alpha value is -1.60. The summed E-state index contributed by atoms with van der Waals surface area (Å²) in [5.41, 5.74) is 1.77. The second-order valence-electron chi connectivity index (χ2n) is 5.92. The van der Waals surface area contributed by atoms with E-state index in [1.54, 1.807) is 6.08 Å². The summed E-state index contributed by atoms with van der Waals surface area (Å²) in [6.07, 6.45) is 5.60. The molecule has 0 amide bonds. The molecule has 1 aromatic carbocycles. The van der Waals surface area contributed by atoms with Crippen molar-refractivity contribution in [2.24, 2.45) is 4.99 Å². The quantitative estimate of drug-likeness (QED) is 0.591. The van der Waals surface area contributed by atoms with E-state index in [9.17, 15) is 4.79 Å². The molecule has 0 radical (unpaired) electrons. The minimum atomic E-state index is -0.368. The number of para-hydroxylation sites is 1. The van der Waals surface area contributed by atoms with Crippen LogP contribution in [0.1, 0.15) is 44.2 Å². The molecule has 0 unspecified atom stereocenters. The number of benzene rings is 1. The molecule has 0 atom stereocenters. The third kappa shape index (κ3) is 1.58. The van der Waals surface area contributed by atoms with Crippen LogP contribution in [0.4, 0.5) is 0 Å². The highest BCUT2D eigenvalue weighted by molar-refractivity contribution is 5.51. The smallest absolute Gasteiger partial charge is 0.235 e. The van der Waals surface area contributed by atoms with Crippen LogP contribution in [0.25, 0.3) is 0 Å². The summed E-state index contributed by atoms with van der Waals surface area (Å²) in [6.45, 7) is 4.18. The van der Waals surface area contributed by atoms with E-state index in [-0.39, 0.29) is 11.1 Å². The molecule has 3 rings (SSSR count). The highest BCUT2D eigenvalue weighted by atomic mass is 16.5. The van der Waals surface area contributed by atoms with Crippen LogP contribution in [-0.2, 0) is 16.8 Å². The van der Waals surface area contributed by atoms with Crippen molar-refractivity contribution in [3.05, 3.63) is 29.3 Å². The van der Waals surface area contributed by atoms with Gasteiger partial charge < -0.3 is 4.74 Å². The van der Waals surface area contributed by atoms with Gasteiger partial charge in [-0.05, 0) is 38.7 Å². The Morgan fingerprint density at radius 2 is 2.11 bits per heavy atom. The third-order valence-electron chi connectivity index (χ3n) is 4.03. The number of rotatable bonds is 2. The summed E-state index contributed by atoms with van der Waals surface area (Å²) in [4.78, 5) is 14.8. The summed E-state index contributed by atoms with van der Waals surface area (Å²) in [7, 11) is 0. The molecule has 1 fully saturated rings. The molecule has 1 aliphatic heterocycles. The first-order chi connectivity index (χ1) is 8.56. The molecule has 2 aliphatic rings. The van der Waals surface area contributed by atoms with Gasteiger partial charge in [-0.3, -0.25) is 0 Å². The van der Waals surface area contributed by atoms with E-state index < -0.39 is 0 Å². The summed E-state index contributed by atoms with van der Waals surface area (Å²) in [6, 6.07) is 6.18. The maximum absolute atomic E-state index is 10.7. The lowest BCUT2D eigenvalue weighted by molar-refractivity contribution is 0.131. The number of ether oxygens (including phenoxy) is 1. The average molecular weight is 243 g/mol. The van der Waals surface area contributed by atoms with E-state index in [4.69, 9.17) is 4.74 Å². The maximum atomic E-state index is 10.7. The van der Waals surface area contributed by atoms with Crippen LogP contribution in [0.5, 0.6) is 5.75 Å². The molecule has 1 heterocycles. The lowest BCUT2D eigenvalue weighted by Crippen LogP contribution is -2.33. The number of nitrogens with zero attached hydrogens (tertiary/aromatic N) is 1. The molecule has 0 bridgehead atoms. The van der Waals surface area contributed by atoms with Gasteiger partial charge in [0.05, 0.1) is 0 Å². The average Bonchev–Trinajstić information content (AvgIpc) is 2.57. The zero-order valence-electron chi connectivity index (χ0n) is 10.8. The second kappa shape index (κ2) is 3.69. The molecule has 3 nitrogen and oxygen atoms in total. The van der Waals surface area contributed by atoms with Gasteiger partial charge in [0, 0.05) is 12.0 Å². The van der Waals surface area contributed by atoms with Crippen molar-refractivity contribution >= 4 is 6.08 Å². The number of carbonyl (C=O) groups excluding carboxylic acids is 1. The predicted octanol–water partition coefficient (Wildman–Crippen LogP) is 3.12. The topological polar surface area (TPSA) is 38.7 Å². The van der Waals surface area contributed by atoms with Gasteiger partial charge in [0.1, 0.15) is 16.9 Å². The summed E-state index contributed by atoms with van der Waals surface area (Å²) < 4.78 is 6.06. The van der Waals surface area contributed by atoms with Gasteiger partial charge in [0.2, 0.25) is 6.08 Å². The van der Waals surface area contributed by atoms with Gasteiger partial charge in [0.15, 0.2) is 0 Å². The van der Waals surface area contributed by atoms with Gasteiger partial charge in [-0.25, -0.2) is 4.79 Å². The first-order valence-electron chi connectivity index (χ1n) is 6.47. The fourth-order valence-electron chi connectivity index (χ4n) is 3.02. The van der Waals surface area contributed by atoms with Crippen molar-refractivity contribution in [3.63, 3.8) is 0 Å². The normalized spacial score (nSPS) is 22.3. The number of aliphatic imine (C=N–C) groups is 1. The molecule has 0 spiro atoms. The van der Waals surface area contributed by atoms with Gasteiger partial charge in [-0.2, -0.15) is 4.99 Å². The maximum Gasteiger partial charge on any atom is 0.235 e. The van der Waals surface area contributed by atoms with Crippen molar-refractivity contribution in [3.8, 4) is 5.75 Å². The standard InChI is InChI=1S/C15H17NO2/c1-14(2)9-11-5-3-6-12(13(11)18-14)15(16-10-17)7-4-8-15/h3,5-6H,4,7-9H2,1-2H3. The van der Waals surface area contributed by atoms with Gasteiger partial charge in [0.25, 0.3) is 0 Å². The van der Waals surface area contributed by atoms with Crippen LogP contribution >= 0.6 is 0 Å². The van der Waals surface area contributed by atoms with Crippen LogP contribution in [0.15, 0.2) is 23.2 Å². The number of hydrogen-bond donors (Lipinski definition) is 0. The lowest BCUT2D eigenvalue weighted by Gasteiger charge is -2.38. The van der Waals surface area contributed by atoms with Crippen molar-refractivity contribution in [1.29, 1.82) is 0 Å². The zero-order valence-corrected chi connectivity index (χ0v) is 10.8. The molecular formula is C15H17NO2. The molecule has 94 valence electrons. The Labute approximate surface area is 107 Å².